The molecule has 0 radical (unpaired) electrons. The molecule has 1 aromatic carbocycles. The fraction of sp³-hybridized carbons (Fsp3) is 0.500. The standard InChI is InChI=1S/C16H22ClN3O2.ClH/c1-20(2)16(22)13-5-4-12(9-14(13)17)19-15(21)6-3-11-7-8-18-10-11;/h4-5,9,11,18H,3,6-8,10H2,1-2H3,(H,19,21);1H. The molecule has 128 valence electrons. The summed E-state index contributed by atoms with van der Waals surface area (Å²) in [6.07, 6.45) is 2.53. The van der Waals surface area contributed by atoms with Crippen molar-refractivity contribution in [2.45, 2.75) is 19.3 Å². The first-order chi connectivity index (χ1) is 10.5. The van der Waals surface area contributed by atoms with Crippen LogP contribution in [0.5, 0.6) is 0 Å². The van der Waals surface area contributed by atoms with Gasteiger partial charge in [-0.2, -0.15) is 0 Å². The topological polar surface area (TPSA) is 61.4 Å². The highest BCUT2D eigenvalue weighted by atomic mass is 35.5. The molecule has 1 heterocycles. The molecule has 0 aromatic heterocycles. The Labute approximate surface area is 148 Å². The van der Waals surface area contributed by atoms with Gasteiger partial charge in [-0.3, -0.25) is 9.59 Å². The van der Waals surface area contributed by atoms with Gasteiger partial charge in [-0.15, -0.1) is 12.4 Å². The first-order valence-corrected chi connectivity index (χ1v) is 7.87. The fourth-order valence-electron chi connectivity index (χ4n) is 2.53. The molecule has 1 aliphatic heterocycles. The third-order valence-corrected chi connectivity index (χ3v) is 4.14. The first kappa shape index (κ1) is 19.7. The highest BCUT2D eigenvalue weighted by molar-refractivity contribution is 6.34. The average Bonchev–Trinajstić information content (AvgIpc) is 2.98. The van der Waals surface area contributed by atoms with Crippen molar-refractivity contribution in [3.8, 4) is 0 Å². The van der Waals surface area contributed by atoms with E-state index >= 15 is 0 Å². The minimum absolute atomic E-state index is 0. The number of carbonyl (C=O) groups is 2. The smallest absolute Gasteiger partial charge is 0.254 e. The van der Waals surface area contributed by atoms with Gasteiger partial charge < -0.3 is 15.5 Å². The lowest BCUT2D eigenvalue weighted by atomic mass is 10.0. The zero-order chi connectivity index (χ0) is 16.1. The Kier molecular flexibility index (Phi) is 7.82. The second-order valence-electron chi connectivity index (χ2n) is 5.84. The summed E-state index contributed by atoms with van der Waals surface area (Å²) in [6.45, 7) is 2.05. The Balaban J connectivity index is 0.00000264. The van der Waals surface area contributed by atoms with Crippen molar-refractivity contribution in [2.75, 3.05) is 32.5 Å². The van der Waals surface area contributed by atoms with Crippen molar-refractivity contribution < 1.29 is 9.59 Å². The number of halogens is 2. The van der Waals surface area contributed by atoms with E-state index in [4.69, 9.17) is 11.6 Å². The van der Waals surface area contributed by atoms with Gasteiger partial charge in [0.2, 0.25) is 5.91 Å². The lowest BCUT2D eigenvalue weighted by Crippen LogP contribution is -2.22. The van der Waals surface area contributed by atoms with E-state index in [1.54, 1.807) is 32.3 Å². The third-order valence-electron chi connectivity index (χ3n) is 3.83. The van der Waals surface area contributed by atoms with Crippen LogP contribution in [-0.4, -0.2) is 43.9 Å². The molecule has 1 fully saturated rings. The minimum Gasteiger partial charge on any atom is -0.345 e. The molecule has 1 unspecified atom stereocenters. The Hall–Kier alpha value is -1.30. The van der Waals surface area contributed by atoms with Gasteiger partial charge >= 0.3 is 0 Å². The van der Waals surface area contributed by atoms with Crippen molar-refractivity contribution in [2.24, 2.45) is 5.92 Å². The lowest BCUT2D eigenvalue weighted by molar-refractivity contribution is -0.116. The maximum Gasteiger partial charge on any atom is 0.254 e. The molecular formula is C16H23Cl2N3O2. The zero-order valence-corrected chi connectivity index (χ0v) is 15.0. The molecule has 7 heteroatoms. The molecule has 2 amide bonds. The van der Waals surface area contributed by atoms with Crippen LogP contribution in [0.1, 0.15) is 29.6 Å². The number of nitrogens with zero attached hydrogens (tertiary/aromatic N) is 1. The Morgan fingerprint density at radius 2 is 2.13 bits per heavy atom. The summed E-state index contributed by atoms with van der Waals surface area (Å²) in [5.41, 5.74) is 1.05. The summed E-state index contributed by atoms with van der Waals surface area (Å²) in [4.78, 5) is 25.3. The number of amides is 2. The van der Waals surface area contributed by atoms with Gasteiger partial charge in [0.05, 0.1) is 10.6 Å². The first-order valence-electron chi connectivity index (χ1n) is 7.49. The van der Waals surface area contributed by atoms with Crippen LogP contribution < -0.4 is 10.6 Å². The molecule has 1 atom stereocenters. The van der Waals surface area contributed by atoms with Gasteiger partial charge in [-0.25, -0.2) is 0 Å². The van der Waals surface area contributed by atoms with Gasteiger partial charge in [0.25, 0.3) is 5.91 Å². The molecule has 2 N–H and O–H groups in total. The maximum atomic E-state index is 12.0. The number of anilines is 1. The molecule has 1 aromatic rings. The summed E-state index contributed by atoms with van der Waals surface area (Å²) >= 11 is 6.13. The van der Waals surface area contributed by atoms with Crippen molar-refractivity contribution >= 4 is 41.5 Å². The quantitative estimate of drug-likeness (QED) is 0.849. The van der Waals surface area contributed by atoms with Crippen LogP contribution in [0.25, 0.3) is 0 Å². The summed E-state index contributed by atoms with van der Waals surface area (Å²) in [7, 11) is 3.35. The predicted octanol–water partition coefficient (Wildman–Crippen LogP) is 2.79. The van der Waals surface area contributed by atoms with E-state index in [2.05, 4.69) is 10.6 Å². The third kappa shape index (κ3) is 5.68. The summed E-state index contributed by atoms with van der Waals surface area (Å²) in [5.74, 6) is 0.417. The van der Waals surface area contributed by atoms with Gasteiger partial charge in [0.1, 0.15) is 0 Å². The molecular weight excluding hydrogens is 337 g/mol. The maximum absolute atomic E-state index is 12.0. The van der Waals surface area contributed by atoms with E-state index < -0.39 is 0 Å². The van der Waals surface area contributed by atoms with Crippen LogP contribution in [-0.2, 0) is 4.79 Å². The van der Waals surface area contributed by atoms with Crippen LogP contribution in [0.15, 0.2) is 18.2 Å². The van der Waals surface area contributed by atoms with Gasteiger partial charge in [0, 0.05) is 26.2 Å². The number of rotatable bonds is 5. The van der Waals surface area contributed by atoms with Gasteiger partial charge in [-0.05, 0) is 50.0 Å². The monoisotopic (exact) mass is 359 g/mol. The highest BCUT2D eigenvalue weighted by Crippen LogP contribution is 2.22. The molecule has 1 aliphatic rings. The molecule has 1 saturated heterocycles. The Morgan fingerprint density at radius 1 is 1.39 bits per heavy atom. The molecule has 0 spiro atoms. The largest absolute Gasteiger partial charge is 0.345 e. The van der Waals surface area contributed by atoms with Crippen molar-refractivity contribution in [3.63, 3.8) is 0 Å². The van der Waals surface area contributed by atoms with Crippen molar-refractivity contribution in [1.82, 2.24) is 10.2 Å². The molecule has 0 bridgehead atoms. The normalized spacial score (nSPS) is 16.6. The molecule has 0 aliphatic carbocycles. The van der Waals surface area contributed by atoms with E-state index in [0.29, 0.717) is 28.6 Å². The summed E-state index contributed by atoms with van der Waals surface area (Å²) in [5, 5.41) is 6.47. The number of benzene rings is 1. The Bertz CT molecular complexity index is 558. The minimum atomic E-state index is -0.156. The van der Waals surface area contributed by atoms with E-state index in [1.165, 1.54) is 4.90 Å². The van der Waals surface area contributed by atoms with Crippen LogP contribution in [0.4, 0.5) is 5.69 Å². The zero-order valence-electron chi connectivity index (χ0n) is 13.4. The second-order valence-corrected chi connectivity index (χ2v) is 6.25. The number of hydrogen-bond acceptors (Lipinski definition) is 3. The number of carbonyl (C=O) groups excluding carboxylic acids is 2. The highest BCUT2D eigenvalue weighted by Gasteiger charge is 2.16. The fourth-order valence-corrected chi connectivity index (χ4v) is 2.79. The molecule has 0 saturated carbocycles. The van der Waals surface area contributed by atoms with E-state index in [1.807, 2.05) is 0 Å². The second kappa shape index (κ2) is 9.11. The van der Waals surface area contributed by atoms with Crippen LogP contribution in [0.3, 0.4) is 0 Å². The number of hydrogen-bond donors (Lipinski definition) is 2. The molecule has 23 heavy (non-hydrogen) atoms. The molecule has 2 rings (SSSR count). The SMILES string of the molecule is CN(C)C(=O)c1ccc(NC(=O)CCC2CCNC2)cc1Cl.Cl. The van der Waals surface area contributed by atoms with Crippen LogP contribution in [0, 0.1) is 5.92 Å². The summed E-state index contributed by atoms with van der Waals surface area (Å²) in [6, 6.07) is 4.96. The van der Waals surface area contributed by atoms with Gasteiger partial charge in [-0.1, -0.05) is 11.6 Å². The van der Waals surface area contributed by atoms with E-state index in [9.17, 15) is 9.59 Å². The predicted molar refractivity (Wildman–Crippen MR) is 95.6 cm³/mol. The Morgan fingerprint density at radius 3 is 2.70 bits per heavy atom. The molecule has 5 nitrogen and oxygen atoms in total. The van der Waals surface area contributed by atoms with E-state index in [0.717, 1.165) is 25.9 Å². The van der Waals surface area contributed by atoms with Gasteiger partial charge in [0.15, 0.2) is 0 Å². The van der Waals surface area contributed by atoms with Crippen molar-refractivity contribution in [3.05, 3.63) is 28.8 Å². The van der Waals surface area contributed by atoms with E-state index in [-0.39, 0.29) is 24.2 Å². The van der Waals surface area contributed by atoms with Crippen molar-refractivity contribution in [1.29, 1.82) is 0 Å². The summed E-state index contributed by atoms with van der Waals surface area (Å²) < 4.78 is 0. The average molecular weight is 360 g/mol. The van der Waals surface area contributed by atoms with Crippen LogP contribution in [0.2, 0.25) is 5.02 Å². The number of nitrogens with one attached hydrogen (secondary N) is 2. The lowest BCUT2D eigenvalue weighted by Gasteiger charge is -2.13. The van der Waals surface area contributed by atoms with Crippen LogP contribution >= 0.6 is 24.0 Å².